The van der Waals surface area contributed by atoms with E-state index < -0.39 is 0 Å². The topological polar surface area (TPSA) is 34.1 Å². The van der Waals surface area contributed by atoms with Crippen LogP contribution in [-0.2, 0) is 9.59 Å². The van der Waals surface area contributed by atoms with E-state index in [1.54, 1.807) is 13.8 Å². The van der Waals surface area contributed by atoms with Crippen molar-refractivity contribution in [3.8, 4) is 0 Å². The molecule has 0 N–H and O–H groups in total. The minimum absolute atomic E-state index is 0.113. The third-order valence-corrected chi connectivity index (χ3v) is 2.80. The summed E-state index contributed by atoms with van der Waals surface area (Å²) in [6.45, 7) is 5.26. The molecule has 0 aliphatic carbocycles. The average molecular weight is 202 g/mol. The molecule has 13 heavy (non-hydrogen) atoms. The lowest BCUT2D eigenvalue weighted by Crippen LogP contribution is -2.10. The summed E-state index contributed by atoms with van der Waals surface area (Å²) in [4.78, 5) is 21.7. The fourth-order valence-corrected chi connectivity index (χ4v) is 2.26. The van der Waals surface area contributed by atoms with E-state index in [2.05, 4.69) is 6.92 Å². The maximum atomic E-state index is 10.9. The molecule has 0 radical (unpaired) electrons. The number of carbonyl (C=O) groups excluding carboxylic acids is 2. The molecule has 0 aliphatic heterocycles. The van der Waals surface area contributed by atoms with Crippen LogP contribution in [0.3, 0.4) is 0 Å². The van der Waals surface area contributed by atoms with Crippen LogP contribution in [0.5, 0.6) is 0 Å². The highest BCUT2D eigenvalue weighted by atomic mass is 32.2. The smallest absolute Gasteiger partial charge is 0.186 e. The fourth-order valence-electron chi connectivity index (χ4n) is 1.19. The van der Waals surface area contributed by atoms with Crippen LogP contribution in [0.2, 0.25) is 0 Å². The molecule has 0 aliphatic rings. The quantitative estimate of drug-likeness (QED) is 0.664. The molecular formula is C10H18O2S. The zero-order chi connectivity index (χ0) is 10.3. The van der Waals surface area contributed by atoms with Crippen molar-refractivity contribution in [2.45, 2.75) is 51.7 Å². The Labute approximate surface area is 84.5 Å². The summed E-state index contributed by atoms with van der Waals surface area (Å²) < 4.78 is 0. The van der Waals surface area contributed by atoms with Crippen molar-refractivity contribution in [2.75, 3.05) is 0 Å². The van der Waals surface area contributed by atoms with Crippen LogP contribution in [-0.4, -0.2) is 16.1 Å². The predicted octanol–water partition coefficient (Wildman–Crippen LogP) is 2.80. The van der Waals surface area contributed by atoms with Gasteiger partial charge in [-0.1, -0.05) is 31.5 Å². The molecule has 0 bridgehead atoms. The first kappa shape index (κ1) is 12.7. The molecule has 0 amide bonds. The summed E-state index contributed by atoms with van der Waals surface area (Å²) in [5.41, 5.74) is 0. The Morgan fingerprint density at radius 1 is 1.31 bits per heavy atom. The lowest BCUT2D eigenvalue weighted by atomic mass is 10.1. The van der Waals surface area contributed by atoms with Crippen molar-refractivity contribution in [3.63, 3.8) is 0 Å². The van der Waals surface area contributed by atoms with E-state index in [0.29, 0.717) is 6.42 Å². The first-order chi connectivity index (χ1) is 6.06. The van der Waals surface area contributed by atoms with E-state index in [4.69, 9.17) is 0 Å². The maximum absolute atomic E-state index is 10.9. The van der Waals surface area contributed by atoms with Gasteiger partial charge < -0.3 is 0 Å². The standard InChI is InChI=1S/C10H18O2S/c1-4-5-6-10(7-8(2)11)13-9(3)12/h10H,4-7H2,1-3H3/t10-/m1/s1. The first-order valence-corrected chi connectivity index (χ1v) is 5.60. The van der Waals surface area contributed by atoms with E-state index in [-0.39, 0.29) is 16.1 Å². The zero-order valence-electron chi connectivity index (χ0n) is 8.63. The number of rotatable bonds is 6. The highest BCUT2D eigenvalue weighted by Gasteiger charge is 2.13. The van der Waals surface area contributed by atoms with E-state index in [9.17, 15) is 9.59 Å². The van der Waals surface area contributed by atoms with Crippen molar-refractivity contribution >= 4 is 22.7 Å². The molecule has 0 spiro atoms. The number of carbonyl (C=O) groups is 2. The molecule has 0 saturated carbocycles. The Morgan fingerprint density at radius 2 is 1.92 bits per heavy atom. The van der Waals surface area contributed by atoms with Gasteiger partial charge in [-0.15, -0.1) is 0 Å². The van der Waals surface area contributed by atoms with Gasteiger partial charge in [0.1, 0.15) is 5.78 Å². The molecule has 1 atom stereocenters. The van der Waals surface area contributed by atoms with E-state index >= 15 is 0 Å². The number of ketones is 1. The van der Waals surface area contributed by atoms with Crippen LogP contribution >= 0.6 is 11.8 Å². The largest absolute Gasteiger partial charge is 0.300 e. The van der Waals surface area contributed by atoms with Gasteiger partial charge >= 0.3 is 0 Å². The lowest BCUT2D eigenvalue weighted by molar-refractivity contribution is -0.117. The van der Waals surface area contributed by atoms with Crippen molar-refractivity contribution in [1.29, 1.82) is 0 Å². The van der Waals surface area contributed by atoms with Crippen molar-refractivity contribution in [3.05, 3.63) is 0 Å². The SMILES string of the molecule is CCCC[C@H](CC(C)=O)SC(C)=O. The van der Waals surface area contributed by atoms with Crippen LogP contribution in [0.4, 0.5) is 0 Å². The number of hydrogen-bond donors (Lipinski definition) is 0. The monoisotopic (exact) mass is 202 g/mol. The Balaban J connectivity index is 3.87. The minimum Gasteiger partial charge on any atom is -0.300 e. The third-order valence-electron chi connectivity index (χ3n) is 1.73. The second-order valence-corrected chi connectivity index (χ2v) is 4.76. The highest BCUT2D eigenvalue weighted by molar-refractivity contribution is 8.14. The molecule has 0 saturated heterocycles. The van der Waals surface area contributed by atoms with Crippen molar-refractivity contribution < 1.29 is 9.59 Å². The third kappa shape index (κ3) is 8.03. The predicted molar refractivity (Wildman–Crippen MR) is 56.9 cm³/mol. The summed E-state index contributed by atoms with van der Waals surface area (Å²) in [6, 6.07) is 0. The van der Waals surface area contributed by atoms with Gasteiger partial charge in [-0.2, -0.15) is 0 Å². The molecule has 76 valence electrons. The van der Waals surface area contributed by atoms with Crippen molar-refractivity contribution in [2.24, 2.45) is 0 Å². The van der Waals surface area contributed by atoms with E-state index in [1.165, 1.54) is 11.8 Å². The molecule has 0 aromatic rings. The number of Topliss-reactive ketones (excluding diaryl/α,β-unsaturated/α-hetero) is 1. The van der Waals surface area contributed by atoms with Gasteiger partial charge in [-0.25, -0.2) is 0 Å². The zero-order valence-corrected chi connectivity index (χ0v) is 9.45. The van der Waals surface area contributed by atoms with Crippen LogP contribution in [0, 0.1) is 0 Å². The summed E-state index contributed by atoms with van der Waals surface area (Å²) in [7, 11) is 0. The molecular weight excluding hydrogens is 184 g/mol. The average Bonchev–Trinajstić information content (AvgIpc) is 1.98. The van der Waals surface area contributed by atoms with Gasteiger partial charge in [-0.3, -0.25) is 9.59 Å². The summed E-state index contributed by atoms with van der Waals surface area (Å²) in [5, 5.41) is 0.317. The molecule has 0 aromatic carbocycles. The van der Waals surface area contributed by atoms with Gasteiger partial charge in [0.2, 0.25) is 0 Å². The highest BCUT2D eigenvalue weighted by Crippen LogP contribution is 2.21. The van der Waals surface area contributed by atoms with Crippen LogP contribution < -0.4 is 0 Å². The van der Waals surface area contributed by atoms with E-state index in [1.807, 2.05) is 0 Å². The Hall–Kier alpha value is -0.310. The lowest BCUT2D eigenvalue weighted by Gasteiger charge is -2.11. The number of hydrogen-bond acceptors (Lipinski definition) is 3. The fraction of sp³-hybridized carbons (Fsp3) is 0.800. The van der Waals surface area contributed by atoms with Crippen molar-refractivity contribution in [1.82, 2.24) is 0 Å². The van der Waals surface area contributed by atoms with Gasteiger partial charge in [-0.05, 0) is 13.3 Å². The Morgan fingerprint density at radius 3 is 2.31 bits per heavy atom. The molecule has 0 heterocycles. The summed E-state index contributed by atoms with van der Waals surface area (Å²) in [5.74, 6) is 0.176. The van der Waals surface area contributed by atoms with Crippen LogP contribution in [0.25, 0.3) is 0 Å². The van der Waals surface area contributed by atoms with E-state index in [0.717, 1.165) is 19.3 Å². The summed E-state index contributed by atoms with van der Waals surface area (Å²) >= 11 is 1.31. The molecule has 0 fully saturated rings. The second kappa shape index (κ2) is 7.13. The van der Waals surface area contributed by atoms with Gasteiger partial charge in [0, 0.05) is 18.6 Å². The molecule has 0 rings (SSSR count). The van der Waals surface area contributed by atoms with Crippen LogP contribution in [0.1, 0.15) is 46.5 Å². The Kier molecular flexibility index (Phi) is 6.96. The first-order valence-electron chi connectivity index (χ1n) is 4.73. The Bertz CT molecular complexity index is 162. The number of thioether (sulfide) groups is 1. The van der Waals surface area contributed by atoms with Crippen LogP contribution in [0.15, 0.2) is 0 Å². The van der Waals surface area contributed by atoms with Gasteiger partial charge in [0.25, 0.3) is 0 Å². The van der Waals surface area contributed by atoms with Gasteiger partial charge in [0.15, 0.2) is 5.12 Å². The minimum atomic E-state index is 0.113. The second-order valence-electron chi connectivity index (χ2n) is 3.28. The number of unbranched alkanes of at least 4 members (excludes halogenated alkanes) is 1. The van der Waals surface area contributed by atoms with Gasteiger partial charge in [0.05, 0.1) is 0 Å². The molecule has 3 heteroatoms. The maximum Gasteiger partial charge on any atom is 0.186 e. The molecule has 2 nitrogen and oxygen atoms in total. The summed E-state index contributed by atoms with van der Waals surface area (Å²) in [6.07, 6.45) is 3.72. The molecule has 0 aromatic heterocycles. The normalized spacial score (nSPS) is 12.5. The molecule has 0 unspecified atom stereocenters.